The van der Waals surface area contributed by atoms with Crippen LogP contribution in [0.15, 0.2) is 0 Å². The second-order valence-corrected chi connectivity index (χ2v) is 5.14. The molecule has 2 aliphatic rings. The molecular formula is C11H19F2N. The number of hydrogen-bond donors (Lipinski definition) is 1. The summed E-state index contributed by atoms with van der Waals surface area (Å²) in [5.74, 6) is -3.38. The van der Waals surface area contributed by atoms with E-state index in [4.69, 9.17) is 0 Å². The van der Waals surface area contributed by atoms with E-state index in [2.05, 4.69) is 5.32 Å². The maximum Gasteiger partial charge on any atom is 0.253 e. The van der Waals surface area contributed by atoms with Gasteiger partial charge in [0.1, 0.15) is 0 Å². The number of fused-ring (bicyclic) bond motifs is 2. The van der Waals surface area contributed by atoms with E-state index in [-0.39, 0.29) is 5.92 Å². The summed E-state index contributed by atoms with van der Waals surface area (Å²) in [5, 5.41) is 3.40. The third kappa shape index (κ3) is 1.67. The molecule has 1 N–H and O–H groups in total. The zero-order chi connectivity index (χ0) is 10.3. The zero-order valence-electron chi connectivity index (χ0n) is 8.89. The first kappa shape index (κ1) is 10.3. The van der Waals surface area contributed by atoms with Crippen LogP contribution in [0, 0.1) is 11.8 Å². The molecular weight excluding hydrogens is 184 g/mol. The molecule has 0 spiro atoms. The van der Waals surface area contributed by atoms with E-state index in [1.807, 2.05) is 0 Å². The fourth-order valence-electron chi connectivity index (χ4n) is 2.84. The summed E-state index contributed by atoms with van der Waals surface area (Å²) in [5.41, 5.74) is 0. The van der Waals surface area contributed by atoms with E-state index in [9.17, 15) is 8.78 Å². The van der Waals surface area contributed by atoms with Crippen LogP contribution in [0.2, 0.25) is 0 Å². The van der Waals surface area contributed by atoms with Gasteiger partial charge >= 0.3 is 0 Å². The van der Waals surface area contributed by atoms with Crippen molar-refractivity contribution in [3.63, 3.8) is 0 Å². The Hall–Kier alpha value is -0.180. The van der Waals surface area contributed by atoms with E-state index in [1.54, 1.807) is 13.8 Å². The minimum atomic E-state index is -2.47. The lowest BCUT2D eigenvalue weighted by molar-refractivity contribution is -0.111. The predicted octanol–water partition coefficient (Wildman–Crippen LogP) is 2.81. The predicted molar refractivity (Wildman–Crippen MR) is 52.5 cm³/mol. The minimum Gasteiger partial charge on any atom is -0.311 e. The average molecular weight is 203 g/mol. The Balaban J connectivity index is 2.05. The lowest BCUT2D eigenvalue weighted by Gasteiger charge is -2.36. The van der Waals surface area contributed by atoms with Gasteiger partial charge < -0.3 is 5.32 Å². The van der Waals surface area contributed by atoms with E-state index in [0.717, 1.165) is 12.8 Å². The molecule has 2 heterocycles. The van der Waals surface area contributed by atoms with Gasteiger partial charge in [0, 0.05) is 23.9 Å². The number of piperidine rings is 1. The summed E-state index contributed by atoms with van der Waals surface area (Å²) in [6.45, 7) is 3.26. The van der Waals surface area contributed by atoms with Crippen LogP contribution in [0.25, 0.3) is 0 Å². The molecule has 0 radical (unpaired) electrons. The highest BCUT2D eigenvalue weighted by atomic mass is 19.3. The maximum atomic E-state index is 13.8. The fraction of sp³-hybridized carbons (Fsp3) is 1.00. The third-order valence-electron chi connectivity index (χ3n) is 3.79. The first-order chi connectivity index (χ1) is 6.50. The van der Waals surface area contributed by atoms with Crippen LogP contribution in [0.3, 0.4) is 0 Å². The summed E-state index contributed by atoms with van der Waals surface area (Å²) in [6.07, 6.45) is 3.52. The summed E-state index contributed by atoms with van der Waals surface area (Å²) in [6, 6.07) is 0.728. The van der Waals surface area contributed by atoms with Crippen LogP contribution in [-0.2, 0) is 0 Å². The Morgan fingerprint density at radius 3 is 2.07 bits per heavy atom. The lowest BCUT2D eigenvalue weighted by Crippen LogP contribution is -2.46. The Labute approximate surface area is 84.3 Å². The third-order valence-corrected chi connectivity index (χ3v) is 3.79. The van der Waals surface area contributed by atoms with E-state index >= 15 is 0 Å². The molecule has 2 aliphatic heterocycles. The van der Waals surface area contributed by atoms with Crippen molar-refractivity contribution in [3.05, 3.63) is 0 Å². The fourth-order valence-corrected chi connectivity index (χ4v) is 2.84. The van der Waals surface area contributed by atoms with Crippen LogP contribution in [0.5, 0.6) is 0 Å². The number of nitrogens with one attached hydrogen (secondary N) is 1. The molecule has 0 aromatic rings. The van der Waals surface area contributed by atoms with Crippen molar-refractivity contribution in [1.82, 2.24) is 5.32 Å². The number of hydrogen-bond acceptors (Lipinski definition) is 1. The monoisotopic (exact) mass is 203 g/mol. The molecule has 0 amide bonds. The molecule has 0 aromatic carbocycles. The maximum absolute atomic E-state index is 13.8. The number of alkyl halides is 2. The molecule has 0 aliphatic carbocycles. The molecule has 1 nitrogen and oxygen atoms in total. The first-order valence-electron chi connectivity index (χ1n) is 5.64. The molecule has 2 rings (SSSR count). The smallest absolute Gasteiger partial charge is 0.253 e. The normalized spacial score (nSPS) is 37.9. The number of rotatable bonds is 2. The van der Waals surface area contributed by atoms with Crippen molar-refractivity contribution in [2.75, 3.05) is 0 Å². The van der Waals surface area contributed by atoms with Crippen molar-refractivity contribution in [2.24, 2.45) is 11.8 Å². The highest BCUT2D eigenvalue weighted by Gasteiger charge is 2.47. The van der Waals surface area contributed by atoms with Crippen molar-refractivity contribution in [1.29, 1.82) is 0 Å². The molecule has 82 valence electrons. The molecule has 0 aromatic heterocycles. The van der Waals surface area contributed by atoms with Crippen LogP contribution in [0.1, 0.15) is 39.5 Å². The van der Waals surface area contributed by atoms with E-state index < -0.39 is 11.8 Å². The van der Waals surface area contributed by atoms with Crippen molar-refractivity contribution >= 4 is 0 Å². The van der Waals surface area contributed by atoms with Crippen LogP contribution in [-0.4, -0.2) is 18.0 Å². The topological polar surface area (TPSA) is 12.0 Å². The van der Waals surface area contributed by atoms with Gasteiger partial charge in [0.15, 0.2) is 0 Å². The minimum absolute atomic E-state index is 0.364. The van der Waals surface area contributed by atoms with Crippen LogP contribution in [0.4, 0.5) is 8.78 Å². The second-order valence-electron chi connectivity index (χ2n) is 5.14. The Morgan fingerprint density at radius 2 is 1.64 bits per heavy atom. The SMILES string of the molecule is CC(C)C(F)(F)C1CC2CCC(C1)N2. The quantitative estimate of drug-likeness (QED) is 0.727. The second kappa shape index (κ2) is 3.44. The van der Waals surface area contributed by atoms with Gasteiger partial charge in [-0.3, -0.25) is 0 Å². The Morgan fingerprint density at radius 1 is 1.14 bits per heavy atom. The molecule has 14 heavy (non-hydrogen) atoms. The van der Waals surface area contributed by atoms with Crippen LogP contribution < -0.4 is 5.32 Å². The molecule has 0 saturated carbocycles. The van der Waals surface area contributed by atoms with Crippen molar-refractivity contribution < 1.29 is 8.78 Å². The van der Waals surface area contributed by atoms with Crippen LogP contribution >= 0.6 is 0 Å². The van der Waals surface area contributed by atoms with E-state index in [0.29, 0.717) is 24.9 Å². The Bertz CT molecular complexity index is 203. The summed E-state index contributed by atoms with van der Waals surface area (Å²) in [7, 11) is 0. The molecule has 2 saturated heterocycles. The van der Waals surface area contributed by atoms with Gasteiger partial charge in [-0.05, 0) is 25.7 Å². The van der Waals surface area contributed by atoms with Gasteiger partial charge in [-0.2, -0.15) is 0 Å². The summed E-state index contributed by atoms with van der Waals surface area (Å²) >= 11 is 0. The molecule has 2 atom stereocenters. The molecule has 3 heteroatoms. The van der Waals surface area contributed by atoms with Gasteiger partial charge in [-0.1, -0.05) is 13.8 Å². The Kier molecular flexibility index (Phi) is 2.54. The first-order valence-corrected chi connectivity index (χ1v) is 5.64. The van der Waals surface area contributed by atoms with E-state index in [1.165, 1.54) is 0 Å². The summed E-state index contributed by atoms with van der Waals surface area (Å²) < 4.78 is 27.6. The van der Waals surface area contributed by atoms with Crippen molar-refractivity contribution in [2.45, 2.75) is 57.5 Å². The highest BCUT2D eigenvalue weighted by Crippen LogP contribution is 2.43. The van der Waals surface area contributed by atoms with Gasteiger partial charge in [-0.25, -0.2) is 8.78 Å². The zero-order valence-corrected chi connectivity index (χ0v) is 8.89. The molecule has 2 bridgehead atoms. The largest absolute Gasteiger partial charge is 0.311 e. The lowest BCUT2D eigenvalue weighted by atomic mass is 9.82. The number of halogens is 2. The van der Waals surface area contributed by atoms with Gasteiger partial charge in [0.05, 0.1) is 0 Å². The van der Waals surface area contributed by atoms with Crippen molar-refractivity contribution in [3.8, 4) is 0 Å². The molecule has 2 fully saturated rings. The average Bonchev–Trinajstić information content (AvgIpc) is 2.45. The van der Waals surface area contributed by atoms with Gasteiger partial charge in [0.25, 0.3) is 5.92 Å². The van der Waals surface area contributed by atoms with Gasteiger partial charge in [-0.15, -0.1) is 0 Å². The summed E-state index contributed by atoms with van der Waals surface area (Å²) in [4.78, 5) is 0. The van der Waals surface area contributed by atoms with Gasteiger partial charge in [0.2, 0.25) is 0 Å². The standard InChI is InChI=1S/C11H19F2N/c1-7(2)11(12,13)8-5-9-3-4-10(6-8)14-9/h7-10,14H,3-6H2,1-2H3. The highest BCUT2D eigenvalue weighted by molar-refractivity contribution is 4.96. The molecule has 2 unspecified atom stereocenters.